The van der Waals surface area contributed by atoms with Gasteiger partial charge in [-0.1, -0.05) is 12.1 Å². The van der Waals surface area contributed by atoms with Gasteiger partial charge in [0.1, 0.15) is 11.6 Å². The second-order valence-corrected chi connectivity index (χ2v) is 6.28. The van der Waals surface area contributed by atoms with Gasteiger partial charge in [-0.3, -0.25) is 0 Å². The number of hydrogen-bond donors (Lipinski definition) is 2. The van der Waals surface area contributed by atoms with E-state index in [1.807, 2.05) is 37.3 Å². The molecule has 4 aromatic rings. The maximum atomic E-state index is 13.0. The second-order valence-electron chi connectivity index (χ2n) is 6.28. The van der Waals surface area contributed by atoms with Crippen LogP contribution in [-0.4, -0.2) is 32.7 Å². The van der Waals surface area contributed by atoms with Crippen molar-refractivity contribution in [2.75, 3.05) is 23.7 Å². The Bertz CT molecular complexity index is 1140. The number of halogens is 3. The van der Waals surface area contributed by atoms with E-state index in [2.05, 4.69) is 25.7 Å². The van der Waals surface area contributed by atoms with Crippen LogP contribution in [0.15, 0.2) is 48.7 Å². The highest BCUT2D eigenvalue weighted by Crippen LogP contribution is 2.33. The van der Waals surface area contributed by atoms with E-state index in [4.69, 9.17) is 0 Å². The first kappa shape index (κ1) is 18.0. The number of benzene rings is 1. The molecular weight excluding hydrogens is 369 g/mol. The third-order valence-corrected chi connectivity index (χ3v) is 4.25. The molecule has 144 valence electrons. The van der Waals surface area contributed by atoms with Crippen LogP contribution in [0.1, 0.15) is 11.3 Å². The third-order valence-electron chi connectivity index (χ3n) is 4.25. The molecular formula is C19H17F3N6. The predicted molar refractivity (Wildman–Crippen MR) is 101 cm³/mol. The van der Waals surface area contributed by atoms with Gasteiger partial charge in [0.25, 0.3) is 0 Å². The average molecular weight is 386 g/mol. The van der Waals surface area contributed by atoms with Crippen molar-refractivity contribution in [2.24, 2.45) is 0 Å². The molecule has 0 amide bonds. The average Bonchev–Trinajstić information content (AvgIpc) is 3.05. The number of aromatic nitrogens is 4. The molecule has 0 radical (unpaired) electrons. The first-order valence-corrected chi connectivity index (χ1v) is 8.68. The number of nitrogens with zero attached hydrogens (tertiary/aromatic N) is 4. The maximum Gasteiger partial charge on any atom is 0.419 e. The lowest BCUT2D eigenvalue weighted by Crippen LogP contribution is -2.18. The Morgan fingerprint density at radius 2 is 1.75 bits per heavy atom. The van der Waals surface area contributed by atoms with Gasteiger partial charge in [0.15, 0.2) is 5.65 Å². The summed E-state index contributed by atoms with van der Waals surface area (Å²) in [5.41, 5.74) is 1.68. The Morgan fingerprint density at radius 3 is 2.54 bits per heavy atom. The Balaban J connectivity index is 1.52. The fourth-order valence-electron chi connectivity index (χ4n) is 3.05. The lowest BCUT2D eigenvalue weighted by atomic mass is 10.2. The van der Waals surface area contributed by atoms with Gasteiger partial charge in [0, 0.05) is 30.7 Å². The fraction of sp³-hybridized carbons (Fsp3) is 0.211. The predicted octanol–water partition coefficient (Wildman–Crippen LogP) is 4.13. The van der Waals surface area contributed by atoms with Crippen LogP contribution in [0.3, 0.4) is 0 Å². The minimum absolute atomic E-state index is 0.184. The van der Waals surface area contributed by atoms with Crippen LogP contribution in [0.2, 0.25) is 0 Å². The lowest BCUT2D eigenvalue weighted by molar-refractivity contribution is -0.137. The summed E-state index contributed by atoms with van der Waals surface area (Å²) in [6.45, 7) is 2.51. The Labute approximate surface area is 158 Å². The van der Waals surface area contributed by atoms with Gasteiger partial charge >= 0.3 is 6.18 Å². The zero-order chi connectivity index (χ0) is 19.7. The zero-order valence-electron chi connectivity index (χ0n) is 15.0. The maximum absolute atomic E-state index is 13.0. The van der Waals surface area contributed by atoms with Crippen molar-refractivity contribution >= 4 is 28.2 Å². The van der Waals surface area contributed by atoms with Crippen molar-refractivity contribution in [1.82, 2.24) is 19.6 Å². The van der Waals surface area contributed by atoms with E-state index in [0.29, 0.717) is 18.0 Å². The highest BCUT2D eigenvalue weighted by molar-refractivity contribution is 5.91. The lowest BCUT2D eigenvalue weighted by Gasteiger charge is -2.14. The van der Waals surface area contributed by atoms with Crippen molar-refractivity contribution in [1.29, 1.82) is 0 Å². The molecule has 3 aromatic heterocycles. The Kier molecular flexibility index (Phi) is 4.50. The first-order chi connectivity index (χ1) is 13.4. The van der Waals surface area contributed by atoms with Crippen molar-refractivity contribution in [2.45, 2.75) is 13.1 Å². The van der Waals surface area contributed by atoms with Gasteiger partial charge in [0.2, 0.25) is 0 Å². The summed E-state index contributed by atoms with van der Waals surface area (Å²) in [4.78, 5) is 8.39. The van der Waals surface area contributed by atoms with Crippen LogP contribution in [-0.2, 0) is 6.18 Å². The quantitative estimate of drug-likeness (QED) is 0.505. The number of fused-ring (bicyclic) bond motifs is 3. The van der Waals surface area contributed by atoms with E-state index in [1.165, 1.54) is 12.3 Å². The van der Waals surface area contributed by atoms with E-state index in [0.717, 1.165) is 22.7 Å². The van der Waals surface area contributed by atoms with E-state index >= 15 is 0 Å². The summed E-state index contributed by atoms with van der Waals surface area (Å²) in [7, 11) is 0. The molecule has 0 bridgehead atoms. The van der Waals surface area contributed by atoms with Crippen LogP contribution in [0, 0.1) is 6.92 Å². The minimum atomic E-state index is -4.45. The summed E-state index contributed by atoms with van der Waals surface area (Å²) < 4.78 is 40.9. The molecule has 0 saturated carbocycles. The topological polar surface area (TPSA) is 67.1 Å². The Morgan fingerprint density at radius 1 is 1.00 bits per heavy atom. The number of nitrogens with one attached hydrogen (secondary N) is 2. The van der Waals surface area contributed by atoms with E-state index in [1.54, 1.807) is 4.52 Å². The monoisotopic (exact) mass is 386 g/mol. The van der Waals surface area contributed by atoms with Gasteiger partial charge in [-0.05, 0) is 31.2 Å². The van der Waals surface area contributed by atoms with Gasteiger partial charge in [-0.2, -0.15) is 18.3 Å². The van der Waals surface area contributed by atoms with Crippen LogP contribution in [0.4, 0.5) is 24.8 Å². The van der Waals surface area contributed by atoms with Crippen molar-refractivity contribution in [3.63, 3.8) is 0 Å². The summed E-state index contributed by atoms with van der Waals surface area (Å²) in [6, 6.07) is 11.8. The number of alkyl halides is 3. The highest BCUT2D eigenvalue weighted by atomic mass is 19.4. The van der Waals surface area contributed by atoms with Crippen LogP contribution in [0.25, 0.3) is 16.6 Å². The smallest absolute Gasteiger partial charge is 0.368 e. The Hall–Kier alpha value is -3.36. The molecule has 0 aliphatic heterocycles. The molecule has 0 fully saturated rings. The first-order valence-electron chi connectivity index (χ1n) is 8.68. The van der Waals surface area contributed by atoms with Crippen LogP contribution in [0.5, 0.6) is 0 Å². The molecule has 0 unspecified atom stereocenters. The number of pyridine rings is 1. The molecule has 3 heterocycles. The van der Waals surface area contributed by atoms with E-state index in [-0.39, 0.29) is 12.4 Å². The summed E-state index contributed by atoms with van der Waals surface area (Å²) >= 11 is 0. The molecule has 0 saturated heterocycles. The minimum Gasteiger partial charge on any atom is -0.368 e. The van der Waals surface area contributed by atoms with Crippen molar-refractivity contribution < 1.29 is 13.2 Å². The molecule has 0 aliphatic rings. The SMILES string of the molecule is Cc1cc2nc(NCCNc3ncccc3C(F)(F)F)c3ccccc3n2n1. The molecule has 28 heavy (non-hydrogen) atoms. The summed E-state index contributed by atoms with van der Waals surface area (Å²) in [5.74, 6) is 0.471. The van der Waals surface area contributed by atoms with Crippen molar-refractivity contribution in [3.05, 3.63) is 59.9 Å². The van der Waals surface area contributed by atoms with Gasteiger partial charge in [0.05, 0.1) is 16.8 Å². The molecule has 1 aromatic carbocycles. The van der Waals surface area contributed by atoms with Gasteiger partial charge in [-0.15, -0.1) is 0 Å². The standard InChI is InChI=1S/C19H17F3N6/c1-12-11-16-26-17(13-5-2-3-7-15(13)28(16)27-12)24-9-10-25-18-14(19(20,21)22)6-4-8-23-18/h2-8,11H,9-10H2,1H3,(H,23,25)(H,24,26). The molecule has 9 heteroatoms. The fourth-order valence-corrected chi connectivity index (χ4v) is 3.05. The van der Waals surface area contributed by atoms with Crippen LogP contribution < -0.4 is 10.6 Å². The number of rotatable bonds is 5. The van der Waals surface area contributed by atoms with Crippen LogP contribution >= 0.6 is 0 Å². The third kappa shape index (κ3) is 3.42. The highest BCUT2D eigenvalue weighted by Gasteiger charge is 2.33. The zero-order valence-corrected chi connectivity index (χ0v) is 15.0. The van der Waals surface area contributed by atoms with E-state index in [9.17, 15) is 13.2 Å². The summed E-state index contributed by atoms with van der Waals surface area (Å²) in [5, 5.41) is 11.3. The normalized spacial score (nSPS) is 11.9. The number of para-hydroxylation sites is 1. The molecule has 2 N–H and O–H groups in total. The van der Waals surface area contributed by atoms with Gasteiger partial charge in [-0.25, -0.2) is 14.5 Å². The second kappa shape index (κ2) is 6.99. The molecule has 0 aliphatic carbocycles. The molecule has 0 spiro atoms. The molecule has 0 atom stereocenters. The van der Waals surface area contributed by atoms with E-state index < -0.39 is 11.7 Å². The summed E-state index contributed by atoms with van der Waals surface area (Å²) in [6.07, 6.45) is -3.12. The van der Waals surface area contributed by atoms with Gasteiger partial charge < -0.3 is 10.6 Å². The number of hydrogen-bond acceptors (Lipinski definition) is 5. The number of anilines is 2. The van der Waals surface area contributed by atoms with Crippen molar-refractivity contribution in [3.8, 4) is 0 Å². The molecule has 4 rings (SSSR count). The molecule has 6 nitrogen and oxygen atoms in total. The largest absolute Gasteiger partial charge is 0.419 e. The number of aryl methyl sites for hydroxylation is 1.